The Morgan fingerprint density at radius 3 is 2.72 bits per heavy atom. The van der Waals surface area contributed by atoms with Crippen LogP contribution in [0.4, 0.5) is 8.78 Å². The first-order valence-electron chi connectivity index (χ1n) is 8.33. The van der Waals surface area contributed by atoms with E-state index in [2.05, 4.69) is 9.97 Å². The van der Waals surface area contributed by atoms with Crippen molar-refractivity contribution in [2.24, 2.45) is 16.6 Å². The Bertz CT molecular complexity index is 827. The summed E-state index contributed by atoms with van der Waals surface area (Å²) in [5.74, 6) is -0.163. The summed E-state index contributed by atoms with van der Waals surface area (Å²) in [5, 5.41) is 0.478. The Morgan fingerprint density at radius 1 is 1.12 bits per heavy atom. The molecule has 0 amide bonds. The first kappa shape index (κ1) is 16.4. The highest BCUT2D eigenvalue weighted by molar-refractivity contribution is 8.13. The summed E-state index contributed by atoms with van der Waals surface area (Å²) in [6.45, 7) is 0. The molecule has 0 spiro atoms. The Morgan fingerprint density at radius 2 is 1.92 bits per heavy atom. The average molecular weight is 360 g/mol. The normalized spacial score (nSPS) is 26.0. The lowest BCUT2D eigenvalue weighted by Crippen LogP contribution is -2.43. The molecule has 2 N–H and O–H groups in total. The van der Waals surface area contributed by atoms with Crippen LogP contribution in [-0.4, -0.2) is 20.9 Å². The van der Waals surface area contributed by atoms with Crippen LogP contribution in [0.1, 0.15) is 31.2 Å². The van der Waals surface area contributed by atoms with Gasteiger partial charge in [0.2, 0.25) is 0 Å². The maximum Gasteiger partial charge on any atom is 0.154 e. The van der Waals surface area contributed by atoms with Crippen molar-refractivity contribution in [2.75, 3.05) is 5.75 Å². The van der Waals surface area contributed by atoms with E-state index >= 15 is 0 Å². The standard InChI is InChI=1S/C18H18F2N4S/c19-15-6-16(20)14(5-13(15)11-7-22-10-23-8-11)18-4-2-1-3-12(18)9-25-17(21)24-18/h5-8,10,12H,1-4,9H2,(H2,21,24)/t12-,18-/m0/s1. The number of rotatable bonds is 2. The molecular weight excluding hydrogens is 342 g/mol. The molecule has 4 rings (SSSR count). The van der Waals surface area contributed by atoms with E-state index < -0.39 is 17.2 Å². The quantitative estimate of drug-likeness (QED) is 0.883. The zero-order valence-electron chi connectivity index (χ0n) is 13.6. The summed E-state index contributed by atoms with van der Waals surface area (Å²) >= 11 is 1.52. The molecule has 25 heavy (non-hydrogen) atoms. The third-order valence-electron chi connectivity index (χ3n) is 5.17. The second-order valence-corrected chi connectivity index (χ2v) is 7.61. The molecule has 7 heteroatoms. The molecule has 2 aliphatic rings. The minimum absolute atomic E-state index is 0.207. The SMILES string of the molecule is NC1=N[C@@]2(c3cc(-c4cncnc4)c(F)cc3F)CCCC[C@H]2CS1. The smallest absolute Gasteiger partial charge is 0.154 e. The van der Waals surface area contributed by atoms with E-state index in [-0.39, 0.29) is 5.92 Å². The number of halogens is 2. The maximum absolute atomic E-state index is 14.8. The van der Waals surface area contributed by atoms with Crippen LogP contribution in [0.5, 0.6) is 0 Å². The van der Waals surface area contributed by atoms with Gasteiger partial charge in [0, 0.05) is 40.9 Å². The molecule has 2 heterocycles. The molecule has 1 aliphatic carbocycles. The number of benzene rings is 1. The van der Waals surface area contributed by atoms with Gasteiger partial charge in [-0.05, 0) is 24.8 Å². The van der Waals surface area contributed by atoms with E-state index in [1.54, 1.807) is 6.07 Å². The van der Waals surface area contributed by atoms with Crippen LogP contribution < -0.4 is 5.73 Å². The van der Waals surface area contributed by atoms with Gasteiger partial charge in [0.15, 0.2) is 5.17 Å². The van der Waals surface area contributed by atoms with Gasteiger partial charge in [-0.2, -0.15) is 0 Å². The summed E-state index contributed by atoms with van der Waals surface area (Å²) < 4.78 is 29.3. The molecule has 4 nitrogen and oxygen atoms in total. The minimum Gasteiger partial charge on any atom is -0.379 e. The van der Waals surface area contributed by atoms with Gasteiger partial charge in [0.1, 0.15) is 18.0 Å². The maximum atomic E-state index is 14.8. The lowest BCUT2D eigenvalue weighted by Gasteiger charge is -2.44. The highest BCUT2D eigenvalue weighted by Gasteiger charge is 2.46. The number of thioether (sulfide) groups is 1. The van der Waals surface area contributed by atoms with Gasteiger partial charge in [0.05, 0.1) is 5.54 Å². The monoisotopic (exact) mass is 360 g/mol. The lowest BCUT2D eigenvalue weighted by molar-refractivity contribution is 0.206. The molecular formula is C18H18F2N4S. The summed E-state index contributed by atoms with van der Waals surface area (Å²) in [5.41, 5.74) is 6.54. The van der Waals surface area contributed by atoms with Crippen molar-refractivity contribution in [3.8, 4) is 11.1 Å². The van der Waals surface area contributed by atoms with Crippen LogP contribution in [0.3, 0.4) is 0 Å². The van der Waals surface area contributed by atoms with Crippen LogP contribution in [-0.2, 0) is 5.54 Å². The molecule has 130 valence electrons. The Labute approximate surface area is 149 Å². The number of hydrogen-bond donors (Lipinski definition) is 1. The van der Waals surface area contributed by atoms with Crippen molar-refractivity contribution in [1.82, 2.24) is 9.97 Å². The third kappa shape index (κ3) is 2.80. The van der Waals surface area contributed by atoms with Gasteiger partial charge < -0.3 is 5.73 Å². The number of nitrogens with zero attached hydrogens (tertiary/aromatic N) is 3. The molecule has 1 fully saturated rings. The number of fused-ring (bicyclic) bond motifs is 1. The number of hydrogen-bond acceptors (Lipinski definition) is 5. The fraction of sp³-hybridized carbons (Fsp3) is 0.389. The van der Waals surface area contributed by atoms with Crippen LogP contribution in [0.2, 0.25) is 0 Å². The highest BCUT2D eigenvalue weighted by Crippen LogP contribution is 2.50. The highest BCUT2D eigenvalue weighted by atomic mass is 32.2. The zero-order valence-corrected chi connectivity index (χ0v) is 14.4. The lowest BCUT2D eigenvalue weighted by atomic mass is 9.69. The van der Waals surface area contributed by atoms with Gasteiger partial charge in [0.25, 0.3) is 0 Å². The van der Waals surface area contributed by atoms with Gasteiger partial charge in [-0.25, -0.2) is 18.7 Å². The van der Waals surface area contributed by atoms with Crippen molar-refractivity contribution in [1.29, 1.82) is 0 Å². The number of aromatic nitrogens is 2. The van der Waals surface area contributed by atoms with Crippen molar-refractivity contribution in [3.05, 3.63) is 48.1 Å². The Hall–Kier alpha value is -2.02. The molecule has 0 radical (unpaired) electrons. The van der Waals surface area contributed by atoms with Crippen LogP contribution in [0, 0.1) is 17.6 Å². The van der Waals surface area contributed by atoms with E-state index in [9.17, 15) is 8.78 Å². The molecule has 2 atom stereocenters. The number of aliphatic imine (C=N–C) groups is 1. The van der Waals surface area contributed by atoms with Crippen molar-refractivity contribution < 1.29 is 8.78 Å². The first-order chi connectivity index (χ1) is 12.1. The van der Waals surface area contributed by atoms with Crippen molar-refractivity contribution in [2.45, 2.75) is 31.2 Å². The molecule has 0 saturated heterocycles. The van der Waals surface area contributed by atoms with E-state index in [0.29, 0.717) is 21.9 Å². The van der Waals surface area contributed by atoms with Gasteiger partial charge >= 0.3 is 0 Å². The summed E-state index contributed by atoms with van der Waals surface area (Å²) in [7, 11) is 0. The fourth-order valence-corrected chi connectivity index (χ4v) is 5.01. The topological polar surface area (TPSA) is 64.2 Å². The van der Waals surface area contributed by atoms with Gasteiger partial charge in [-0.1, -0.05) is 24.6 Å². The Balaban J connectivity index is 1.91. The van der Waals surface area contributed by atoms with E-state index in [4.69, 9.17) is 10.7 Å². The fourth-order valence-electron chi connectivity index (χ4n) is 3.97. The molecule has 1 aliphatic heterocycles. The molecule has 0 unspecified atom stereocenters. The largest absolute Gasteiger partial charge is 0.379 e. The number of nitrogens with two attached hydrogens (primary N) is 1. The van der Waals surface area contributed by atoms with Gasteiger partial charge in [-0.3, -0.25) is 4.99 Å². The van der Waals surface area contributed by atoms with Crippen LogP contribution in [0.15, 0.2) is 35.8 Å². The van der Waals surface area contributed by atoms with E-state index in [1.165, 1.54) is 30.5 Å². The molecule has 1 aromatic carbocycles. The first-order valence-corrected chi connectivity index (χ1v) is 9.32. The third-order valence-corrected chi connectivity index (χ3v) is 6.13. The minimum atomic E-state index is -0.699. The van der Waals surface area contributed by atoms with Crippen molar-refractivity contribution in [3.63, 3.8) is 0 Å². The Kier molecular flexibility index (Phi) is 4.19. The number of amidine groups is 1. The predicted molar refractivity (Wildman–Crippen MR) is 95.1 cm³/mol. The molecule has 2 aromatic rings. The zero-order chi connectivity index (χ0) is 17.4. The predicted octanol–water partition coefficient (Wildman–Crippen LogP) is 3.87. The van der Waals surface area contributed by atoms with Crippen LogP contribution in [0.25, 0.3) is 11.1 Å². The second-order valence-electron chi connectivity index (χ2n) is 6.57. The van der Waals surface area contributed by atoms with E-state index in [1.807, 2.05) is 0 Å². The second kappa shape index (κ2) is 6.37. The molecule has 1 saturated carbocycles. The average Bonchev–Trinajstić information content (AvgIpc) is 2.62. The van der Waals surface area contributed by atoms with E-state index in [0.717, 1.165) is 37.5 Å². The van der Waals surface area contributed by atoms with Crippen molar-refractivity contribution >= 4 is 16.9 Å². The summed E-state index contributed by atoms with van der Waals surface area (Å²) in [6, 6.07) is 2.53. The van der Waals surface area contributed by atoms with Gasteiger partial charge in [-0.15, -0.1) is 0 Å². The molecule has 1 aromatic heterocycles. The molecule has 0 bridgehead atoms. The summed E-state index contributed by atoms with van der Waals surface area (Å²) in [4.78, 5) is 12.6. The summed E-state index contributed by atoms with van der Waals surface area (Å²) in [6.07, 6.45) is 8.19. The van der Waals surface area contributed by atoms with Crippen LogP contribution >= 0.6 is 11.8 Å².